The highest BCUT2D eigenvalue weighted by molar-refractivity contribution is 5.80. The third-order valence-corrected chi connectivity index (χ3v) is 6.95. The summed E-state index contributed by atoms with van der Waals surface area (Å²) in [7, 11) is 0. The smallest absolute Gasteiger partial charge is 0.225 e. The van der Waals surface area contributed by atoms with Crippen LogP contribution in [0.5, 0.6) is 0 Å². The number of benzene rings is 1. The van der Waals surface area contributed by atoms with Crippen molar-refractivity contribution >= 4 is 17.7 Å². The van der Waals surface area contributed by atoms with Crippen LogP contribution in [0.2, 0.25) is 0 Å². The number of carbonyl (C=O) groups excluding carboxylic acids is 1. The van der Waals surface area contributed by atoms with Crippen LogP contribution < -0.4 is 16.0 Å². The van der Waals surface area contributed by atoms with Gasteiger partial charge in [0.1, 0.15) is 17.7 Å². The van der Waals surface area contributed by atoms with Gasteiger partial charge in [0.15, 0.2) is 0 Å². The van der Waals surface area contributed by atoms with E-state index >= 15 is 0 Å². The number of carbonyl (C=O) groups is 1. The van der Waals surface area contributed by atoms with Gasteiger partial charge in [-0.3, -0.25) is 4.79 Å². The van der Waals surface area contributed by atoms with Crippen molar-refractivity contribution in [3.63, 3.8) is 0 Å². The van der Waals surface area contributed by atoms with Gasteiger partial charge in [-0.2, -0.15) is 10.2 Å². The maximum atomic E-state index is 14.2. The lowest BCUT2D eigenvalue weighted by Crippen LogP contribution is -2.49. The number of nitrogens with two attached hydrogens (primary N) is 1. The van der Waals surface area contributed by atoms with E-state index in [2.05, 4.69) is 34.0 Å². The maximum Gasteiger partial charge on any atom is 0.225 e. The number of nitrogens with one attached hydrogen (secondary N) is 1. The van der Waals surface area contributed by atoms with Gasteiger partial charge in [0.25, 0.3) is 0 Å². The van der Waals surface area contributed by atoms with Crippen molar-refractivity contribution in [1.82, 2.24) is 15.3 Å². The minimum Gasteiger partial charge on any atom is -0.368 e. The molecule has 1 amide bonds. The Hall–Kier alpha value is -3.21. The Bertz CT molecular complexity index is 1070. The highest BCUT2D eigenvalue weighted by Crippen LogP contribution is 2.31. The molecule has 33 heavy (non-hydrogen) atoms. The van der Waals surface area contributed by atoms with Crippen LogP contribution in [0.25, 0.3) is 11.3 Å². The van der Waals surface area contributed by atoms with E-state index in [4.69, 9.17) is 11.0 Å². The van der Waals surface area contributed by atoms with Gasteiger partial charge in [-0.05, 0) is 50.7 Å². The third-order valence-electron chi connectivity index (χ3n) is 6.95. The predicted octanol–water partition coefficient (Wildman–Crippen LogP) is 4.04. The average molecular weight is 451 g/mol. The Kier molecular flexibility index (Phi) is 6.77. The SMILES string of the molecule is CC1CCCC(NC(=O)C2CCC(C)N(c3cc(-c4ccc(C#N)c(F)c4)nc(N)n3)C2)C1. The number of rotatable bonds is 4. The Morgan fingerprint density at radius 3 is 2.76 bits per heavy atom. The number of aromatic nitrogens is 2. The zero-order valence-corrected chi connectivity index (χ0v) is 19.2. The molecule has 0 spiro atoms. The minimum absolute atomic E-state index is 0.0214. The highest BCUT2D eigenvalue weighted by Gasteiger charge is 2.32. The molecule has 4 atom stereocenters. The molecule has 1 aromatic carbocycles. The molecule has 2 heterocycles. The van der Waals surface area contributed by atoms with Gasteiger partial charge in [-0.25, -0.2) is 9.37 Å². The van der Waals surface area contributed by atoms with Crippen molar-refractivity contribution in [3.05, 3.63) is 35.6 Å². The minimum atomic E-state index is -0.603. The molecule has 1 aromatic heterocycles. The van der Waals surface area contributed by atoms with E-state index < -0.39 is 5.82 Å². The van der Waals surface area contributed by atoms with Crippen LogP contribution >= 0.6 is 0 Å². The molecule has 1 saturated heterocycles. The van der Waals surface area contributed by atoms with E-state index in [1.807, 2.05) is 6.07 Å². The number of hydrogen-bond donors (Lipinski definition) is 2. The Morgan fingerprint density at radius 1 is 1.21 bits per heavy atom. The topological polar surface area (TPSA) is 108 Å². The third kappa shape index (κ3) is 5.24. The van der Waals surface area contributed by atoms with E-state index in [9.17, 15) is 9.18 Å². The molecular weight excluding hydrogens is 419 g/mol. The summed E-state index contributed by atoms with van der Waals surface area (Å²) in [6, 6.07) is 8.41. The van der Waals surface area contributed by atoms with Gasteiger partial charge in [-0.1, -0.05) is 25.8 Å². The summed E-state index contributed by atoms with van der Waals surface area (Å²) < 4.78 is 14.2. The molecule has 2 fully saturated rings. The molecule has 1 aliphatic heterocycles. The van der Waals surface area contributed by atoms with E-state index in [0.29, 0.717) is 29.5 Å². The first-order valence-electron chi connectivity index (χ1n) is 11.8. The number of anilines is 2. The molecule has 0 bridgehead atoms. The largest absolute Gasteiger partial charge is 0.368 e. The summed E-state index contributed by atoms with van der Waals surface area (Å²) in [5, 5.41) is 12.3. The Morgan fingerprint density at radius 2 is 2.03 bits per heavy atom. The maximum absolute atomic E-state index is 14.2. The quantitative estimate of drug-likeness (QED) is 0.728. The van der Waals surface area contributed by atoms with Crippen molar-refractivity contribution in [1.29, 1.82) is 5.26 Å². The summed E-state index contributed by atoms with van der Waals surface area (Å²) in [6.07, 6.45) is 6.20. The summed E-state index contributed by atoms with van der Waals surface area (Å²) in [5.74, 6) is 0.754. The number of piperidine rings is 1. The zero-order chi connectivity index (χ0) is 23.5. The first-order chi connectivity index (χ1) is 15.8. The van der Waals surface area contributed by atoms with Crippen molar-refractivity contribution in [3.8, 4) is 17.3 Å². The second-order valence-electron chi connectivity index (χ2n) is 9.53. The van der Waals surface area contributed by atoms with Gasteiger partial charge in [0, 0.05) is 30.3 Å². The van der Waals surface area contributed by atoms with Crippen LogP contribution in [-0.4, -0.2) is 34.5 Å². The second kappa shape index (κ2) is 9.74. The van der Waals surface area contributed by atoms with Crippen molar-refractivity contribution in [2.45, 2.75) is 64.5 Å². The molecule has 4 rings (SSSR count). The van der Waals surface area contributed by atoms with E-state index in [0.717, 1.165) is 25.7 Å². The van der Waals surface area contributed by atoms with Crippen molar-refractivity contribution in [2.24, 2.45) is 11.8 Å². The zero-order valence-electron chi connectivity index (χ0n) is 19.2. The molecule has 2 aromatic rings. The fourth-order valence-corrected chi connectivity index (χ4v) is 5.04. The molecule has 7 nitrogen and oxygen atoms in total. The van der Waals surface area contributed by atoms with Crippen LogP contribution in [0, 0.1) is 29.0 Å². The highest BCUT2D eigenvalue weighted by atomic mass is 19.1. The molecule has 4 unspecified atom stereocenters. The summed E-state index contributed by atoms with van der Waals surface area (Å²) in [6.45, 7) is 4.91. The van der Waals surface area contributed by atoms with Gasteiger partial charge < -0.3 is 16.0 Å². The number of nitriles is 1. The first-order valence-corrected chi connectivity index (χ1v) is 11.8. The molecule has 174 valence electrons. The second-order valence-corrected chi connectivity index (χ2v) is 9.53. The van der Waals surface area contributed by atoms with Gasteiger partial charge in [-0.15, -0.1) is 0 Å². The molecule has 2 aliphatic rings. The van der Waals surface area contributed by atoms with Gasteiger partial charge in [0.05, 0.1) is 17.2 Å². The molecule has 0 radical (unpaired) electrons. The van der Waals surface area contributed by atoms with E-state index in [1.54, 1.807) is 12.1 Å². The van der Waals surface area contributed by atoms with Crippen molar-refractivity contribution in [2.75, 3.05) is 17.2 Å². The lowest BCUT2D eigenvalue weighted by molar-refractivity contribution is -0.126. The lowest BCUT2D eigenvalue weighted by Gasteiger charge is -2.39. The van der Waals surface area contributed by atoms with E-state index in [1.165, 1.54) is 25.0 Å². The molecule has 8 heteroatoms. The monoisotopic (exact) mass is 450 g/mol. The van der Waals surface area contributed by atoms with Gasteiger partial charge >= 0.3 is 0 Å². The molecule has 1 saturated carbocycles. The first kappa shape index (κ1) is 23.0. The summed E-state index contributed by atoms with van der Waals surface area (Å²) in [4.78, 5) is 23.8. The fraction of sp³-hybridized carbons (Fsp3) is 0.520. The van der Waals surface area contributed by atoms with Crippen LogP contribution in [0.4, 0.5) is 16.2 Å². The van der Waals surface area contributed by atoms with E-state index in [-0.39, 0.29) is 35.4 Å². The number of halogens is 1. The lowest BCUT2D eigenvalue weighted by atomic mass is 9.86. The number of nitrogens with zero attached hydrogens (tertiary/aromatic N) is 4. The average Bonchev–Trinajstić information content (AvgIpc) is 2.79. The van der Waals surface area contributed by atoms with Crippen LogP contribution in [-0.2, 0) is 4.79 Å². The van der Waals surface area contributed by atoms with Crippen LogP contribution in [0.3, 0.4) is 0 Å². The fourth-order valence-electron chi connectivity index (χ4n) is 5.04. The van der Waals surface area contributed by atoms with Crippen LogP contribution in [0.15, 0.2) is 24.3 Å². The number of hydrogen-bond acceptors (Lipinski definition) is 6. The molecule has 3 N–H and O–H groups in total. The van der Waals surface area contributed by atoms with Crippen molar-refractivity contribution < 1.29 is 9.18 Å². The Balaban J connectivity index is 1.53. The van der Waals surface area contributed by atoms with Crippen LogP contribution in [0.1, 0.15) is 57.9 Å². The number of amides is 1. The molecular formula is C25H31FN6O. The summed E-state index contributed by atoms with van der Waals surface area (Å²) >= 11 is 0. The number of nitrogen functional groups attached to an aromatic ring is 1. The molecule has 1 aliphatic carbocycles. The Labute approximate surface area is 194 Å². The standard InChI is InChI=1S/C25H31FN6O/c1-15-4-3-5-20(10-15)29-24(33)19-7-6-16(2)32(14-19)23-12-22(30-25(28)31-23)17-8-9-18(13-27)21(26)11-17/h8-9,11-12,15-16,19-20H,3-7,10,14H2,1-2H3,(H,29,33)(H2,28,30,31). The van der Waals surface area contributed by atoms with Gasteiger partial charge in [0.2, 0.25) is 11.9 Å². The summed E-state index contributed by atoms with van der Waals surface area (Å²) in [5.41, 5.74) is 6.98. The normalized spacial score (nSPS) is 25.3. The predicted molar refractivity (Wildman–Crippen MR) is 126 cm³/mol.